The number of anilines is 1. The van der Waals surface area contributed by atoms with Crippen molar-refractivity contribution in [3.05, 3.63) is 30.9 Å². The Morgan fingerprint density at radius 2 is 2.20 bits per heavy atom. The van der Waals surface area contributed by atoms with Crippen LogP contribution < -0.4 is 5.73 Å². The van der Waals surface area contributed by atoms with Crippen molar-refractivity contribution in [3.63, 3.8) is 0 Å². The predicted octanol–water partition coefficient (Wildman–Crippen LogP) is 3.67. The van der Waals surface area contributed by atoms with Crippen LogP contribution in [0.25, 0.3) is 11.3 Å². The molecule has 0 radical (unpaired) electrons. The highest BCUT2D eigenvalue weighted by atomic mass is 15.1. The molecule has 20 heavy (non-hydrogen) atoms. The molecule has 2 atom stereocenters. The van der Waals surface area contributed by atoms with Gasteiger partial charge in [-0.25, -0.2) is 9.97 Å². The van der Waals surface area contributed by atoms with Crippen molar-refractivity contribution < 1.29 is 0 Å². The number of hydrogen-bond donors (Lipinski definition) is 1. The summed E-state index contributed by atoms with van der Waals surface area (Å²) in [5.41, 5.74) is 8.11. The van der Waals surface area contributed by atoms with E-state index in [0.717, 1.165) is 17.2 Å². The maximum atomic E-state index is 6.03. The van der Waals surface area contributed by atoms with Gasteiger partial charge in [0.05, 0.1) is 18.2 Å². The fourth-order valence-corrected chi connectivity index (χ4v) is 3.44. The number of nitrogens with two attached hydrogens (primary N) is 1. The molecule has 1 fully saturated rings. The Kier molecular flexibility index (Phi) is 3.72. The predicted molar refractivity (Wildman–Crippen MR) is 81.2 cm³/mol. The summed E-state index contributed by atoms with van der Waals surface area (Å²) in [5.74, 6) is 1.33. The third-order valence-corrected chi connectivity index (χ3v) is 4.53. The first-order valence-electron chi connectivity index (χ1n) is 7.54. The van der Waals surface area contributed by atoms with Gasteiger partial charge >= 0.3 is 0 Å². The molecule has 3 rings (SSSR count). The van der Waals surface area contributed by atoms with E-state index in [0.29, 0.717) is 11.9 Å². The molecule has 0 amide bonds. The van der Waals surface area contributed by atoms with Gasteiger partial charge in [0.25, 0.3) is 0 Å². The van der Waals surface area contributed by atoms with E-state index in [-0.39, 0.29) is 0 Å². The zero-order chi connectivity index (χ0) is 13.9. The topological polar surface area (TPSA) is 56.7 Å². The molecule has 2 unspecified atom stereocenters. The molecule has 2 aromatic rings. The van der Waals surface area contributed by atoms with Crippen LogP contribution in [0.1, 0.15) is 45.1 Å². The maximum Gasteiger partial charge on any atom is 0.132 e. The molecule has 0 bridgehead atoms. The summed E-state index contributed by atoms with van der Waals surface area (Å²) in [4.78, 5) is 8.56. The number of aromatic nitrogens is 3. The van der Waals surface area contributed by atoms with E-state index in [1.54, 1.807) is 6.20 Å². The van der Waals surface area contributed by atoms with Gasteiger partial charge in [0.1, 0.15) is 5.82 Å². The van der Waals surface area contributed by atoms with Gasteiger partial charge in [-0.05, 0) is 30.9 Å². The molecule has 4 nitrogen and oxygen atoms in total. The summed E-state index contributed by atoms with van der Waals surface area (Å²) in [6, 6.07) is 4.51. The van der Waals surface area contributed by atoms with Gasteiger partial charge < -0.3 is 10.3 Å². The summed E-state index contributed by atoms with van der Waals surface area (Å²) >= 11 is 0. The summed E-state index contributed by atoms with van der Waals surface area (Å²) in [6.45, 7) is 2.29. The molecular formula is C16H22N4. The molecule has 1 aliphatic rings. The van der Waals surface area contributed by atoms with Gasteiger partial charge in [-0.3, -0.25) is 0 Å². The van der Waals surface area contributed by atoms with Crippen molar-refractivity contribution in [1.29, 1.82) is 0 Å². The molecular weight excluding hydrogens is 248 g/mol. The van der Waals surface area contributed by atoms with E-state index in [4.69, 9.17) is 5.73 Å². The minimum atomic E-state index is 0.547. The van der Waals surface area contributed by atoms with Gasteiger partial charge in [0.2, 0.25) is 0 Å². The van der Waals surface area contributed by atoms with Gasteiger partial charge in [-0.2, -0.15) is 0 Å². The number of hydrogen-bond acceptors (Lipinski definition) is 3. The van der Waals surface area contributed by atoms with E-state index in [9.17, 15) is 0 Å². The average Bonchev–Trinajstić information content (AvgIpc) is 2.96. The molecule has 0 saturated heterocycles. The van der Waals surface area contributed by atoms with E-state index in [2.05, 4.69) is 21.5 Å². The van der Waals surface area contributed by atoms with Crippen molar-refractivity contribution in [2.75, 3.05) is 5.73 Å². The highest BCUT2D eigenvalue weighted by Crippen LogP contribution is 2.38. The Bertz CT molecular complexity index is 575. The van der Waals surface area contributed by atoms with E-state index >= 15 is 0 Å². The van der Waals surface area contributed by atoms with E-state index in [1.165, 1.54) is 32.1 Å². The van der Waals surface area contributed by atoms with Crippen molar-refractivity contribution in [2.24, 2.45) is 5.92 Å². The first-order valence-corrected chi connectivity index (χ1v) is 7.54. The Hall–Kier alpha value is -1.84. The number of imidazole rings is 1. The zero-order valence-electron chi connectivity index (χ0n) is 12.0. The summed E-state index contributed by atoms with van der Waals surface area (Å²) in [7, 11) is 0. The van der Waals surface area contributed by atoms with E-state index in [1.807, 2.05) is 24.7 Å². The largest absolute Gasteiger partial charge is 0.383 e. The molecule has 2 aromatic heterocycles. The van der Waals surface area contributed by atoms with Gasteiger partial charge in [0.15, 0.2) is 0 Å². The molecule has 2 N–H and O–H groups in total. The van der Waals surface area contributed by atoms with E-state index < -0.39 is 0 Å². The number of pyridine rings is 1. The maximum absolute atomic E-state index is 6.03. The highest BCUT2D eigenvalue weighted by Gasteiger charge is 2.27. The van der Waals surface area contributed by atoms with Crippen LogP contribution in [0.15, 0.2) is 30.9 Å². The Morgan fingerprint density at radius 1 is 1.35 bits per heavy atom. The molecule has 4 heteroatoms. The molecule has 1 aliphatic carbocycles. The lowest BCUT2D eigenvalue weighted by Gasteiger charge is -2.33. The van der Waals surface area contributed by atoms with Crippen LogP contribution in [-0.2, 0) is 0 Å². The molecule has 1 saturated carbocycles. The third-order valence-electron chi connectivity index (χ3n) is 4.53. The minimum Gasteiger partial charge on any atom is -0.383 e. The molecule has 106 valence electrons. The van der Waals surface area contributed by atoms with Crippen molar-refractivity contribution in [1.82, 2.24) is 14.5 Å². The van der Waals surface area contributed by atoms with Crippen LogP contribution in [0.4, 0.5) is 5.82 Å². The van der Waals surface area contributed by atoms with Gasteiger partial charge in [-0.1, -0.05) is 26.2 Å². The molecule has 0 aromatic carbocycles. The Labute approximate surface area is 120 Å². The summed E-state index contributed by atoms with van der Waals surface area (Å²) in [5, 5.41) is 0. The summed E-state index contributed by atoms with van der Waals surface area (Å²) in [6.07, 6.45) is 12.0. The van der Waals surface area contributed by atoms with Crippen molar-refractivity contribution in [3.8, 4) is 11.3 Å². The Balaban J connectivity index is 2.00. The van der Waals surface area contributed by atoms with Gasteiger partial charge in [-0.15, -0.1) is 0 Å². The highest BCUT2D eigenvalue weighted by molar-refractivity contribution is 5.70. The number of nitrogens with zero attached hydrogens (tertiary/aromatic N) is 3. The first-order chi connectivity index (χ1) is 9.81. The smallest absolute Gasteiger partial charge is 0.132 e. The second kappa shape index (κ2) is 5.65. The average molecular weight is 270 g/mol. The summed E-state index contributed by atoms with van der Waals surface area (Å²) < 4.78 is 2.32. The molecule has 0 aliphatic heterocycles. The van der Waals surface area contributed by atoms with Gasteiger partial charge in [0, 0.05) is 17.8 Å². The van der Waals surface area contributed by atoms with Crippen LogP contribution in [0.2, 0.25) is 0 Å². The fraction of sp³-hybridized carbons (Fsp3) is 0.500. The monoisotopic (exact) mass is 270 g/mol. The number of rotatable bonds is 3. The lowest BCUT2D eigenvalue weighted by atomic mass is 9.82. The van der Waals surface area contributed by atoms with Crippen LogP contribution in [0, 0.1) is 5.92 Å². The van der Waals surface area contributed by atoms with Crippen LogP contribution >= 0.6 is 0 Å². The Morgan fingerprint density at radius 3 is 3.00 bits per heavy atom. The third kappa shape index (κ3) is 2.30. The normalized spacial score (nSPS) is 22.9. The number of nitrogen functional groups attached to an aromatic ring is 1. The second-order valence-electron chi connectivity index (χ2n) is 5.64. The SMILES string of the molecule is CCC1CCCCC1n1cncc1-c1cccnc1N. The minimum absolute atomic E-state index is 0.547. The quantitative estimate of drug-likeness (QED) is 0.925. The first kappa shape index (κ1) is 13.2. The molecule has 0 spiro atoms. The second-order valence-corrected chi connectivity index (χ2v) is 5.64. The lowest BCUT2D eigenvalue weighted by molar-refractivity contribution is 0.234. The molecule has 2 heterocycles. The van der Waals surface area contributed by atoms with Crippen LogP contribution in [0.5, 0.6) is 0 Å². The standard InChI is InChI=1S/C16H22N4/c1-2-12-6-3-4-8-14(12)20-11-18-10-15(20)13-7-5-9-19-16(13)17/h5,7,9-12,14H,2-4,6,8H2,1H3,(H2,17,19). The lowest BCUT2D eigenvalue weighted by Crippen LogP contribution is -2.23. The van der Waals surface area contributed by atoms with Crippen LogP contribution in [0.3, 0.4) is 0 Å². The fourth-order valence-electron chi connectivity index (χ4n) is 3.44. The van der Waals surface area contributed by atoms with Crippen molar-refractivity contribution in [2.45, 2.75) is 45.1 Å². The van der Waals surface area contributed by atoms with Crippen LogP contribution in [-0.4, -0.2) is 14.5 Å². The van der Waals surface area contributed by atoms with Crippen molar-refractivity contribution >= 4 is 5.82 Å². The zero-order valence-corrected chi connectivity index (χ0v) is 12.0.